The van der Waals surface area contributed by atoms with Crippen LogP contribution in [0.25, 0.3) is 10.8 Å². The molecule has 0 aliphatic carbocycles. The van der Waals surface area contributed by atoms with Gasteiger partial charge in [0.05, 0.1) is 5.69 Å². The van der Waals surface area contributed by atoms with E-state index in [1.165, 1.54) is 88.8 Å². The van der Waals surface area contributed by atoms with Crippen LogP contribution in [0.3, 0.4) is 0 Å². The summed E-state index contributed by atoms with van der Waals surface area (Å²) in [5.41, 5.74) is 4.13. The molecule has 0 unspecified atom stereocenters. The average molecular weight is 493 g/mol. The summed E-state index contributed by atoms with van der Waals surface area (Å²) in [5, 5.41) is 7.14. The SMILES string of the molecule is Cc1ccc(P(c2ccc(C)cc2)c2ccc3ccccc3c2N2CCC[C@H]2CN2CCCC2)cc1. The van der Waals surface area contributed by atoms with Gasteiger partial charge in [0.15, 0.2) is 0 Å². The van der Waals surface area contributed by atoms with Gasteiger partial charge in [-0.25, -0.2) is 0 Å². The lowest BCUT2D eigenvalue weighted by molar-refractivity contribution is 0.314. The molecule has 2 heterocycles. The number of nitrogens with zero attached hydrogens (tertiary/aromatic N) is 2. The fraction of sp³-hybridized carbons (Fsp3) is 0.333. The van der Waals surface area contributed by atoms with Crippen LogP contribution in [0.1, 0.15) is 36.8 Å². The third-order valence-electron chi connectivity index (χ3n) is 8.04. The number of hydrogen-bond donors (Lipinski definition) is 0. The molecular formula is C33H37N2P. The Bertz CT molecular complexity index is 1280. The monoisotopic (exact) mass is 492 g/mol. The highest BCUT2D eigenvalue weighted by molar-refractivity contribution is 7.80. The number of aryl methyl sites for hydroxylation is 2. The summed E-state index contributed by atoms with van der Waals surface area (Å²) in [7, 11) is -0.670. The maximum absolute atomic E-state index is 2.80. The lowest BCUT2D eigenvalue weighted by Crippen LogP contribution is -2.41. The first-order chi connectivity index (χ1) is 17.7. The second-order valence-corrected chi connectivity index (χ2v) is 12.8. The van der Waals surface area contributed by atoms with Crippen molar-refractivity contribution < 1.29 is 0 Å². The van der Waals surface area contributed by atoms with Crippen molar-refractivity contribution in [2.75, 3.05) is 31.1 Å². The zero-order valence-corrected chi connectivity index (χ0v) is 22.6. The molecule has 0 spiro atoms. The Balaban J connectivity index is 1.53. The Labute approximate surface area is 217 Å². The molecule has 2 aliphatic heterocycles. The zero-order chi connectivity index (χ0) is 24.5. The fourth-order valence-electron chi connectivity index (χ4n) is 6.12. The second-order valence-electron chi connectivity index (χ2n) is 10.7. The lowest BCUT2D eigenvalue weighted by Gasteiger charge is -2.34. The molecule has 1 atom stereocenters. The number of fused-ring (bicyclic) bond motifs is 1. The van der Waals surface area contributed by atoms with Gasteiger partial charge in [-0.05, 0) is 76.5 Å². The van der Waals surface area contributed by atoms with Crippen LogP contribution < -0.4 is 20.8 Å². The second kappa shape index (κ2) is 10.4. The van der Waals surface area contributed by atoms with Crippen LogP contribution in [0.2, 0.25) is 0 Å². The van der Waals surface area contributed by atoms with Gasteiger partial charge in [0.1, 0.15) is 0 Å². The molecule has 3 heteroatoms. The van der Waals surface area contributed by atoms with Crippen LogP contribution >= 0.6 is 7.92 Å². The van der Waals surface area contributed by atoms with Crippen molar-refractivity contribution in [3.63, 3.8) is 0 Å². The van der Waals surface area contributed by atoms with Gasteiger partial charge >= 0.3 is 0 Å². The van der Waals surface area contributed by atoms with Crippen molar-refractivity contribution in [1.29, 1.82) is 0 Å². The quantitative estimate of drug-likeness (QED) is 0.292. The molecule has 36 heavy (non-hydrogen) atoms. The van der Waals surface area contributed by atoms with E-state index in [9.17, 15) is 0 Å². The van der Waals surface area contributed by atoms with Gasteiger partial charge in [-0.1, -0.05) is 96.1 Å². The number of rotatable bonds is 6. The first kappa shape index (κ1) is 23.7. The fourth-order valence-corrected chi connectivity index (χ4v) is 8.56. The minimum atomic E-state index is -0.670. The number of hydrogen-bond acceptors (Lipinski definition) is 2. The minimum absolute atomic E-state index is 0.598. The molecule has 4 aromatic rings. The molecular weight excluding hydrogens is 455 g/mol. The molecule has 0 bridgehead atoms. The predicted octanol–water partition coefficient (Wildman–Crippen LogP) is 6.28. The summed E-state index contributed by atoms with van der Waals surface area (Å²) < 4.78 is 0. The maximum atomic E-state index is 2.80. The summed E-state index contributed by atoms with van der Waals surface area (Å²) in [6, 6.07) is 33.1. The molecule has 0 aromatic heterocycles. The summed E-state index contributed by atoms with van der Waals surface area (Å²) in [6.07, 6.45) is 5.30. The number of likely N-dealkylation sites (tertiary alicyclic amines) is 1. The Hall–Kier alpha value is -2.67. The van der Waals surface area contributed by atoms with Crippen molar-refractivity contribution in [2.45, 2.75) is 45.6 Å². The highest BCUT2D eigenvalue weighted by Gasteiger charge is 2.32. The normalized spacial score (nSPS) is 18.5. The maximum Gasteiger partial charge on any atom is 0.0533 e. The molecule has 0 saturated carbocycles. The smallest absolute Gasteiger partial charge is 0.0533 e. The van der Waals surface area contributed by atoms with Crippen LogP contribution in [0.4, 0.5) is 5.69 Å². The van der Waals surface area contributed by atoms with Gasteiger partial charge < -0.3 is 9.80 Å². The molecule has 2 fully saturated rings. The molecule has 0 radical (unpaired) electrons. The molecule has 2 saturated heterocycles. The predicted molar refractivity (Wildman–Crippen MR) is 158 cm³/mol. The lowest BCUT2D eigenvalue weighted by atomic mass is 10.1. The number of benzene rings is 4. The van der Waals surface area contributed by atoms with E-state index in [0.29, 0.717) is 6.04 Å². The topological polar surface area (TPSA) is 6.48 Å². The number of anilines is 1. The first-order valence-corrected chi connectivity index (χ1v) is 15.0. The Kier molecular flexibility index (Phi) is 6.83. The average Bonchev–Trinajstić information content (AvgIpc) is 3.59. The van der Waals surface area contributed by atoms with E-state index in [-0.39, 0.29) is 0 Å². The van der Waals surface area contributed by atoms with E-state index in [2.05, 4.69) is 109 Å². The van der Waals surface area contributed by atoms with Crippen LogP contribution in [0.5, 0.6) is 0 Å². The van der Waals surface area contributed by atoms with Gasteiger partial charge in [-0.15, -0.1) is 0 Å². The van der Waals surface area contributed by atoms with Crippen molar-refractivity contribution in [3.8, 4) is 0 Å². The highest BCUT2D eigenvalue weighted by Crippen LogP contribution is 2.42. The molecule has 0 N–H and O–H groups in total. The van der Waals surface area contributed by atoms with Crippen LogP contribution in [0.15, 0.2) is 84.9 Å². The molecule has 4 aromatic carbocycles. The van der Waals surface area contributed by atoms with E-state index >= 15 is 0 Å². The zero-order valence-electron chi connectivity index (χ0n) is 21.7. The minimum Gasteiger partial charge on any atom is -0.366 e. The molecule has 184 valence electrons. The molecule has 2 nitrogen and oxygen atoms in total. The van der Waals surface area contributed by atoms with Crippen LogP contribution in [-0.4, -0.2) is 37.1 Å². The molecule has 6 rings (SSSR count). The van der Waals surface area contributed by atoms with Crippen molar-refractivity contribution >= 4 is 40.3 Å². The standard InChI is InChI=1S/C33H37N2P/c1-25-11-16-29(17-12-25)36(30-18-13-26(2)14-19-30)32-20-15-27-8-3-4-10-31(27)33(32)35-23-7-9-28(35)24-34-21-5-6-22-34/h3-4,8,10-20,28H,5-7,9,21-24H2,1-2H3/t28-/m0/s1. The third kappa shape index (κ3) is 4.70. The van der Waals surface area contributed by atoms with Crippen LogP contribution in [0, 0.1) is 13.8 Å². The Morgan fingerprint density at radius 3 is 2.00 bits per heavy atom. The van der Waals surface area contributed by atoms with E-state index in [1.807, 2.05) is 0 Å². The largest absolute Gasteiger partial charge is 0.366 e. The van der Waals surface area contributed by atoms with E-state index in [1.54, 1.807) is 0 Å². The first-order valence-electron chi connectivity index (χ1n) is 13.6. The van der Waals surface area contributed by atoms with Gasteiger partial charge in [0.2, 0.25) is 0 Å². The van der Waals surface area contributed by atoms with Crippen molar-refractivity contribution in [1.82, 2.24) is 4.90 Å². The van der Waals surface area contributed by atoms with E-state index in [0.717, 1.165) is 6.54 Å². The van der Waals surface area contributed by atoms with Crippen molar-refractivity contribution in [3.05, 3.63) is 96.1 Å². The van der Waals surface area contributed by atoms with E-state index in [4.69, 9.17) is 0 Å². The van der Waals surface area contributed by atoms with Crippen molar-refractivity contribution in [2.24, 2.45) is 0 Å². The van der Waals surface area contributed by atoms with Crippen LogP contribution in [-0.2, 0) is 0 Å². The Morgan fingerprint density at radius 2 is 1.33 bits per heavy atom. The summed E-state index contributed by atoms with van der Waals surface area (Å²) >= 11 is 0. The highest BCUT2D eigenvalue weighted by atomic mass is 31.1. The van der Waals surface area contributed by atoms with Gasteiger partial charge in [0, 0.05) is 29.8 Å². The summed E-state index contributed by atoms with van der Waals surface area (Å²) in [5.74, 6) is 0. The third-order valence-corrected chi connectivity index (χ3v) is 10.5. The van der Waals surface area contributed by atoms with Gasteiger partial charge in [0.25, 0.3) is 0 Å². The Morgan fingerprint density at radius 1 is 0.694 bits per heavy atom. The molecule has 2 aliphatic rings. The summed E-state index contributed by atoms with van der Waals surface area (Å²) in [6.45, 7) is 9.28. The van der Waals surface area contributed by atoms with Gasteiger partial charge in [-0.3, -0.25) is 0 Å². The summed E-state index contributed by atoms with van der Waals surface area (Å²) in [4.78, 5) is 5.50. The van der Waals surface area contributed by atoms with Gasteiger partial charge in [-0.2, -0.15) is 0 Å². The molecule has 0 amide bonds. The van der Waals surface area contributed by atoms with E-state index < -0.39 is 7.92 Å².